The van der Waals surface area contributed by atoms with Gasteiger partial charge in [0, 0.05) is 6.42 Å². The monoisotopic (exact) mass is 1000 g/mol. The molecule has 1 heterocycles. The van der Waals surface area contributed by atoms with Crippen molar-refractivity contribution in [2.24, 2.45) is 0 Å². The molecule has 1 aliphatic rings. The molecule has 1 amide bonds. The Hall–Kier alpha value is -3.41. The van der Waals surface area contributed by atoms with Crippen LogP contribution < -0.4 is 5.32 Å². The number of ether oxygens (including phenoxy) is 2. The molecule has 0 radical (unpaired) electrons. The number of allylic oxidation sites excluding steroid dienone is 19. The first-order chi connectivity index (χ1) is 35.3. The molecule has 7 unspecified atom stereocenters. The van der Waals surface area contributed by atoms with Crippen LogP contribution >= 0.6 is 0 Å². The summed E-state index contributed by atoms with van der Waals surface area (Å²) >= 11 is 0. The molecular formula is C63H105NO8. The summed E-state index contributed by atoms with van der Waals surface area (Å²) in [6.07, 6.45) is 69.6. The molecule has 1 saturated heterocycles. The van der Waals surface area contributed by atoms with E-state index >= 15 is 0 Å². The number of hydrogen-bond acceptors (Lipinski definition) is 8. The highest BCUT2D eigenvalue weighted by Crippen LogP contribution is 2.23. The molecule has 7 atom stereocenters. The summed E-state index contributed by atoms with van der Waals surface area (Å²) in [7, 11) is 0. The number of carbonyl (C=O) groups excluding carboxylic acids is 1. The Morgan fingerprint density at radius 1 is 0.486 bits per heavy atom. The van der Waals surface area contributed by atoms with Crippen molar-refractivity contribution in [2.45, 2.75) is 256 Å². The molecular weight excluding hydrogens is 899 g/mol. The minimum Gasteiger partial charge on any atom is -0.394 e. The molecule has 72 heavy (non-hydrogen) atoms. The normalized spacial score (nSPS) is 20.1. The maximum absolute atomic E-state index is 13.0. The van der Waals surface area contributed by atoms with Gasteiger partial charge in [0.1, 0.15) is 24.4 Å². The molecule has 0 bridgehead atoms. The van der Waals surface area contributed by atoms with Crippen molar-refractivity contribution in [1.29, 1.82) is 0 Å². The highest BCUT2D eigenvalue weighted by Gasteiger charge is 2.44. The first-order valence-electron chi connectivity index (χ1n) is 28.8. The Balaban J connectivity index is 2.29. The molecule has 9 heteroatoms. The molecule has 0 aliphatic carbocycles. The van der Waals surface area contributed by atoms with Crippen LogP contribution in [0.1, 0.15) is 213 Å². The van der Waals surface area contributed by atoms with Crippen LogP contribution in [-0.4, -0.2) is 87.5 Å². The third-order valence-corrected chi connectivity index (χ3v) is 12.8. The molecule has 0 spiro atoms. The topological polar surface area (TPSA) is 149 Å². The zero-order valence-corrected chi connectivity index (χ0v) is 45.4. The lowest BCUT2D eigenvalue weighted by atomic mass is 9.99. The number of amides is 1. The van der Waals surface area contributed by atoms with E-state index in [1.807, 2.05) is 6.08 Å². The quantitative estimate of drug-likeness (QED) is 0.0261. The maximum atomic E-state index is 13.0. The predicted octanol–water partition coefficient (Wildman–Crippen LogP) is 14.3. The Labute approximate surface area is 439 Å². The molecule has 410 valence electrons. The highest BCUT2D eigenvalue weighted by molar-refractivity contribution is 5.76. The Morgan fingerprint density at radius 2 is 0.861 bits per heavy atom. The fourth-order valence-electron chi connectivity index (χ4n) is 8.27. The molecule has 0 aromatic carbocycles. The van der Waals surface area contributed by atoms with E-state index in [0.717, 1.165) is 96.3 Å². The SMILES string of the molecule is CC/C=C\C/C=C\C/C=C\C/C=C\C/C=C\C/C=C\C/C=C\C/C=C\C/C=C\CCCCCC(=O)NC(COC1OC(CO)C(O)C(O)C1O)C(O)/C=C/CCCCCCCCCCCCCCCCCC. The van der Waals surface area contributed by atoms with Gasteiger partial charge in [0.15, 0.2) is 6.29 Å². The van der Waals surface area contributed by atoms with Crippen LogP contribution in [0.5, 0.6) is 0 Å². The second-order valence-electron chi connectivity index (χ2n) is 19.4. The van der Waals surface area contributed by atoms with Crippen molar-refractivity contribution in [3.8, 4) is 0 Å². The first-order valence-corrected chi connectivity index (χ1v) is 28.8. The van der Waals surface area contributed by atoms with Crippen LogP contribution in [0.4, 0.5) is 0 Å². The lowest BCUT2D eigenvalue weighted by molar-refractivity contribution is -0.302. The average Bonchev–Trinajstić information content (AvgIpc) is 3.38. The number of carbonyl (C=O) groups is 1. The summed E-state index contributed by atoms with van der Waals surface area (Å²) in [5.74, 6) is -0.213. The minimum atomic E-state index is -1.58. The van der Waals surface area contributed by atoms with Gasteiger partial charge in [-0.1, -0.05) is 238 Å². The lowest BCUT2D eigenvalue weighted by Gasteiger charge is -2.40. The van der Waals surface area contributed by atoms with Crippen LogP contribution in [0.25, 0.3) is 0 Å². The van der Waals surface area contributed by atoms with Crippen LogP contribution in [0.2, 0.25) is 0 Å². The average molecular weight is 1000 g/mol. The first kappa shape index (κ1) is 66.6. The molecule has 0 aromatic heterocycles. The molecule has 9 nitrogen and oxygen atoms in total. The van der Waals surface area contributed by atoms with E-state index in [4.69, 9.17) is 9.47 Å². The van der Waals surface area contributed by atoms with E-state index in [2.05, 4.69) is 129 Å². The van der Waals surface area contributed by atoms with E-state index in [-0.39, 0.29) is 12.5 Å². The van der Waals surface area contributed by atoms with Gasteiger partial charge in [-0.25, -0.2) is 0 Å². The van der Waals surface area contributed by atoms with E-state index in [9.17, 15) is 30.3 Å². The number of rotatable bonds is 47. The zero-order valence-electron chi connectivity index (χ0n) is 45.4. The van der Waals surface area contributed by atoms with Crippen LogP contribution in [0.3, 0.4) is 0 Å². The third kappa shape index (κ3) is 40.0. The zero-order chi connectivity index (χ0) is 52.2. The molecule has 0 saturated carbocycles. The van der Waals surface area contributed by atoms with Gasteiger partial charge < -0.3 is 40.3 Å². The largest absolute Gasteiger partial charge is 0.394 e. The fourth-order valence-corrected chi connectivity index (χ4v) is 8.27. The highest BCUT2D eigenvalue weighted by atomic mass is 16.7. The molecule has 1 aliphatic heterocycles. The van der Waals surface area contributed by atoms with Crippen LogP contribution in [0.15, 0.2) is 122 Å². The summed E-state index contributed by atoms with van der Waals surface area (Å²) in [6.45, 7) is 3.64. The van der Waals surface area contributed by atoms with Gasteiger partial charge in [-0.05, 0) is 89.9 Å². The van der Waals surface area contributed by atoms with E-state index in [0.29, 0.717) is 12.8 Å². The Kier molecular flexibility index (Phi) is 47.3. The predicted molar refractivity (Wildman–Crippen MR) is 304 cm³/mol. The van der Waals surface area contributed by atoms with Gasteiger partial charge in [-0.3, -0.25) is 4.79 Å². The number of unbranched alkanes of at least 4 members (excludes halogenated alkanes) is 19. The van der Waals surface area contributed by atoms with Crippen molar-refractivity contribution in [3.63, 3.8) is 0 Å². The van der Waals surface area contributed by atoms with E-state index < -0.39 is 49.5 Å². The van der Waals surface area contributed by atoms with E-state index in [1.54, 1.807) is 6.08 Å². The fraction of sp³-hybridized carbons (Fsp3) is 0.667. The van der Waals surface area contributed by atoms with Crippen molar-refractivity contribution < 1.29 is 39.8 Å². The molecule has 1 rings (SSSR count). The van der Waals surface area contributed by atoms with Gasteiger partial charge in [0.05, 0.1) is 25.4 Å². The van der Waals surface area contributed by atoms with Crippen LogP contribution in [0, 0.1) is 0 Å². The third-order valence-electron chi connectivity index (χ3n) is 12.8. The number of aliphatic hydroxyl groups is 5. The maximum Gasteiger partial charge on any atom is 0.220 e. The van der Waals surface area contributed by atoms with Crippen molar-refractivity contribution in [3.05, 3.63) is 122 Å². The van der Waals surface area contributed by atoms with Crippen molar-refractivity contribution >= 4 is 5.91 Å². The van der Waals surface area contributed by atoms with Crippen molar-refractivity contribution in [1.82, 2.24) is 5.32 Å². The Bertz CT molecular complexity index is 1540. The van der Waals surface area contributed by atoms with Gasteiger partial charge in [0.25, 0.3) is 0 Å². The number of aliphatic hydroxyl groups excluding tert-OH is 5. The summed E-state index contributed by atoms with van der Waals surface area (Å²) in [5.41, 5.74) is 0. The van der Waals surface area contributed by atoms with Crippen LogP contribution in [-0.2, 0) is 14.3 Å². The second kappa shape index (κ2) is 51.1. The smallest absolute Gasteiger partial charge is 0.220 e. The molecule has 6 N–H and O–H groups in total. The Morgan fingerprint density at radius 3 is 1.28 bits per heavy atom. The molecule has 1 fully saturated rings. The van der Waals surface area contributed by atoms with Gasteiger partial charge >= 0.3 is 0 Å². The van der Waals surface area contributed by atoms with Gasteiger partial charge in [0.2, 0.25) is 5.91 Å². The molecule has 0 aromatic rings. The van der Waals surface area contributed by atoms with E-state index in [1.165, 1.54) is 89.9 Å². The minimum absolute atomic E-state index is 0.209. The van der Waals surface area contributed by atoms with Gasteiger partial charge in [-0.15, -0.1) is 0 Å². The summed E-state index contributed by atoms with van der Waals surface area (Å²) in [4.78, 5) is 13.0. The van der Waals surface area contributed by atoms with Crippen molar-refractivity contribution in [2.75, 3.05) is 13.2 Å². The lowest BCUT2D eigenvalue weighted by Crippen LogP contribution is -2.60. The number of nitrogens with one attached hydrogen (secondary N) is 1. The summed E-state index contributed by atoms with van der Waals surface area (Å²) in [6, 6.07) is -0.832. The second-order valence-corrected chi connectivity index (χ2v) is 19.4. The summed E-state index contributed by atoms with van der Waals surface area (Å²) < 4.78 is 11.2. The van der Waals surface area contributed by atoms with Gasteiger partial charge in [-0.2, -0.15) is 0 Å². The standard InChI is InChI=1S/C63H105NO8/c1-3-5-7-9-11-13-15-17-19-21-23-24-25-26-27-28-29-30-31-32-33-34-35-37-39-41-43-45-47-49-51-53-59(67)64-56(55-71-63-62(70)61(69)60(68)58(54-65)72-63)57(66)52-50-48-46-44-42-40-38-36-22-20-18-16-14-12-10-8-6-4-2/h5,7,11,13,17,19,23-24,26-27,29-30,32-33,35,37,41,43,50,52,56-58,60-63,65-66,68-70H,3-4,6,8-10,12,14-16,18,20-22,25,28,31,34,36,38-40,42,44-49,51,53-55H2,1-2H3,(H,64,67)/b7-5-,13-11-,19-17-,24-23-,27-26-,30-29-,33-32-,37-35-,43-41-,52-50+. The summed E-state index contributed by atoms with van der Waals surface area (Å²) in [5, 5.41) is 54.5. The number of hydrogen-bond donors (Lipinski definition) is 6.